The summed E-state index contributed by atoms with van der Waals surface area (Å²) in [6, 6.07) is -0.641. The van der Waals surface area contributed by atoms with Crippen molar-refractivity contribution in [1.29, 1.82) is 0 Å². The topological polar surface area (TPSA) is 69.6 Å². The molecule has 0 heterocycles. The highest BCUT2D eigenvalue weighted by atomic mass is 16.3. The fourth-order valence-electron chi connectivity index (χ4n) is 7.46. The summed E-state index contributed by atoms with van der Waals surface area (Å²) >= 11 is 0. The number of rotatable bonds is 45. The summed E-state index contributed by atoms with van der Waals surface area (Å²) in [5, 5.41) is 23.1. The van der Waals surface area contributed by atoms with Crippen molar-refractivity contribution in [2.24, 2.45) is 0 Å². The van der Waals surface area contributed by atoms with Crippen LogP contribution in [0.3, 0.4) is 0 Å². The lowest BCUT2D eigenvalue weighted by Gasteiger charge is -2.19. The third kappa shape index (κ3) is 43.5. The molecular formula is C52H97NO3. The number of nitrogens with one attached hydrogen (secondary N) is 1. The molecule has 2 unspecified atom stereocenters. The quantitative estimate of drug-likeness (QED) is 0.0425. The molecule has 0 saturated carbocycles. The lowest BCUT2D eigenvalue weighted by molar-refractivity contribution is -0.123. The molecule has 2 atom stereocenters. The molecule has 0 aliphatic carbocycles. The zero-order valence-electron chi connectivity index (χ0n) is 37.7. The number of carbonyl (C=O) groups is 1. The molecule has 0 fully saturated rings. The SMILES string of the molecule is CCCCCCC/C=C\C/C=C\CCCCCCCCCCCCCC(=O)NC(CO)C(O)/C=C/CC/C=C/CCCCCCCCCCCCCCCCC. The summed E-state index contributed by atoms with van der Waals surface area (Å²) in [7, 11) is 0. The summed E-state index contributed by atoms with van der Waals surface area (Å²) in [5.41, 5.74) is 0. The second-order valence-corrected chi connectivity index (χ2v) is 16.9. The third-order valence-electron chi connectivity index (χ3n) is 11.3. The van der Waals surface area contributed by atoms with Gasteiger partial charge in [0, 0.05) is 6.42 Å². The first kappa shape index (κ1) is 54.3. The van der Waals surface area contributed by atoms with Gasteiger partial charge in [0.25, 0.3) is 0 Å². The molecule has 0 aromatic carbocycles. The number of carbonyl (C=O) groups excluding carboxylic acids is 1. The number of aliphatic hydroxyl groups is 2. The molecule has 0 aliphatic rings. The largest absolute Gasteiger partial charge is 0.394 e. The van der Waals surface area contributed by atoms with E-state index in [2.05, 4.69) is 55.6 Å². The van der Waals surface area contributed by atoms with Gasteiger partial charge in [0.1, 0.15) is 0 Å². The van der Waals surface area contributed by atoms with Crippen LogP contribution in [0.15, 0.2) is 48.6 Å². The smallest absolute Gasteiger partial charge is 0.220 e. The first-order valence-corrected chi connectivity index (χ1v) is 24.9. The van der Waals surface area contributed by atoms with E-state index in [1.54, 1.807) is 6.08 Å². The van der Waals surface area contributed by atoms with Crippen LogP contribution in [0.1, 0.15) is 258 Å². The van der Waals surface area contributed by atoms with Crippen molar-refractivity contribution in [3.05, 3.63) is 48.6 Å². The molecule has 328 valence electrons. The molecule has 0 aliphatic heterocycles. The molecule has 4 heteroatoms. The molecule has 0 aromatic heterocycles. The van der Waals surface area contributed by atoms with Gasteiger partial charge >= 0.3 is 0 Å². The highest BCUT2D eigenvalue weighted by Crippen LogP contribution is 2.15. The average Bonchev–Trinajstić information content (AvgIpc) is 3.20. The Morgan fingerprint density at radius 1 is 0.429 bits per heavy atom. The van der Waals surface area contributed by atoms with Gasteiger partial charge in [0.05, 0.1) is 18.8 Å². The second-order valence-electron chi connectivity index (χ2n) is 16.9. The van der Waals surface area contributed by atoms with Crippen molar-refractivity contribution in [2.75, 3.05) is 6.61 Å². The zero-order chi connectivity index (χ0) is 40.7. The van der Waals surface area contributed by atoms with Crippen molar-refractivity contribution >= 4 is 5.91 Å². The summed E-state index contributed by atoms with van der Waals surface area (Å²) < 4.78 is 0. The summed E-state index contributed by atoms with van der Waals surface area (Å²) in [5.74, 6) is -0.0749. The van der Waals surface area contributed by atoms with E-state index in [1.165, 1.54) is 199 Å². The van der Waals surface area contributed by atoms with Crippen LogP contribution >= 0.6 is 0 Å². The van der Waals surface area contributed by atoms with Crippen molar-refractivity contribution in [3.8, 4) is 0 Å². The van der Waals surface area contributed by atoms with E-state index in [0.717, 1.165) is 38.5 Å². The van der Waals surface area contributed by atoms with Gasteiger partial charge < -0.3 is 15.5 Å². The van der Waals surface area contributed by atoms with E-state index < -0.39 is 12.1 Å². The Labute approximate surface area is 350 Å². The van der Waals surface area contributed by atoms with Crippen LogP contribution in [0.5, 0.6) is 0 Å². The van der Waals surface area contributed by atoms with E-state index in [9.17, 15) is 15.0 Å². The molecule has 0 rings (SSSR count). The Morgan fingerprint density at radius 3 is 1.14 bits per heavy atom. The van der Waals surface area contributed by atoms with Gasteiger partial charge in [0.2, 0.25) is 5.91 Å². The number of hydrogen-bond acceptors (Lipinski definition) is 3. The van der Waals surface area contributed by atoms with Crippen molar-refractivity contribution < 1.29 is 15.0 Å². The van der Waals surface area contributed by atoms with Crippen LogP contribution in [0.25, 0.3) is 0 Å². The van der Waals surface area contributed by atoms with Crippen LogP contribution in [0.2, 0.25) is 0 Å². The maximum Gasteiger partial charge on any atom is 0.220 e. The zero-order valence-corrected chi connectivity index (χ0v) is 37.7. The monoisotopic (exact) mass is 784 g/mol. The molecule has 4 nitrogen and oxygen atoms in total. The molecular weight excluding hydrogens is 687 g/mol. The minimum absolute atomic E-state index is 0.0749. The van der Waals surface area contributed by atoms with Gasteiger partial charge in [-0.05, 0) is 64.2 Å². The van der Waals surface area contributed by atoms with E-state index in [4.69, 9.17) is 0 Å². The summed E-state index contributed by atoms with van der Waals surface area (Å²) in [4.78, 5) is 12.4. The Morgan fingerprint density at radius 2 is 0.750 bits per heavy atom. The molecule has 0 aromatic rings. The molecule has 0 bridgehead atoms. The van der Waals surface area contributed by atoms with E-state index in [0.29, 0.717) is 6.42 Å². The minimum Gasteiger partial charge on any atom is -0.394 e. The maximum absolute atomic E-state index is 12.4. The molecule has 0 saturated heterocycles. The van der Waals surface area contributed by atoms with Gasteiger partial charge in [-0.1, -0.05) is 236 Å². The van der Waals surface area contributed by atoms with E-state index in [-0.39, 0.29) is 12.5 Å². The molecule has 3 N–H and O–H groups in total. The molecule has 56 heavy (non-hydrogen) atoms. The Bertz CT molecular complexity index is 893. The molecule has 0 radical (unpaired) electrons. The lowest BCUT2D eigenvalue weighted by atomic mass is 10.0. The van der Waals surface area contributed by atoms with Gasteiger partial charge in [-0.2, -0.15) is 0 Å². The number of unbranched alkanes of at least 4 members (excludes halogenated alkanes) is 32. The lowest BCUT2D eigenvalue weighted by Crippen LogP contribution is -2.45. The Kier molecular flexibility index (Phi) is 46.3. The normalized spacial score (nSPS) is 13.3. The first-order chi connectivity index (χ1) is 27.7. The highest BCUT2D eigenvalue weighted by molar-refractivity contribution is 5.76. The first-order valence-electron chi connectivity index (χ1n) is 24.9. The van der Waals surface area contributed by atoms with Crippen molar-refractivity contribution in [1.82, 2.24) is 5.32 Å². The standard InChI is InChI=1S/C52H97NO3/c1-3-5-7-9-11-13-15-17-19-21-23-25-26-28-30-32-34-36-38-40-42-44-46-48-52(56)53-50(49-54)51(55)47-45-43-41-39-37-35-33-31-29-27-24-22-20-18-16-14-12-10-8-6-4-2/h15,17,21,23,37,39,45,47,50-51,54-55H,3-14,16,18-20,22,24-36,38,40-44,46,48-49H2,1-2H3,(H,53,56)/b17-15-,23-21-,39-37+,47-45+. The Hall–Kier alpha value is -1.65. The molecule has 0 spiro atoms. The second kappa shape index (κ2) is 47.7. The van der Waals surface area contributed by atoms with Gasteiger partial charge in [-0.3, -0.25) is 4.79 Å². The van der Waals surface area contributed by atoms with Crippen LogP contribution in [-0.4, -0.2) is 34.9 Å². The fourth-order valence-corrected chi connectivity index (χ4v) is 7.46. The minimum atomic E-state index is -0.864. The number of hydrogen-bond donors (Lipinski definition) is 3. The van der Waals surface area contributed by atoms with Crippen LogP contribution in [0, 0.1) is 0 Å². The molecule has 1 amide bonds. The third-order valence-corrected chi connectivity index (χ3v) is 11.3. The highest BCUT2D eigenvalue weighted by Gasteiger charge is 2.17. The van der Waals surface area contributed by atoms with Crippen molar-refractivity contribution in [2.45, 2.75) is 270 Å². The number of allylic oxidation sites excluding steroid dienone is 7. The van der Waals surface area contributed by atoms with E-state index in [1.807, 2.05) is 6.08 Å². The predicted molar refractivity (Wildman–Crippen MR) is 248 cm³/mol. The van der Waals surface area contributed by atoms with Gasteiger partial charge in [0.15, 0.2) is 0 Å². The number of amides is 1. The van der Waals surface area contributed by atoms with Crippen LogP contribution in [0.4, 0.5) is 0 Å². The van der Waals surface area contributed by atoms with Gasteiger partial charge in [-0.25, -0.2) is 0 Å². The van der Waals surface area contributed by atoms with Gasteiger partial charge in [-0.15, -0.1) is 0 Å². The summed E-state index contributed by atoms with van der Waals surface area (Å²) in [6.07, 6.45) is 65.2. The van der Waals surface area contributed by atoms with Crippen LogP contribution in [-0.2, 0) is 4.79 Å². The number of aliphatic hydroxyl groups excluding tert-OH is 2. The average molecular weight is 784 g/mol. The van der Waals surface area contributed by atoms with E-state index >= 15 is 0 Å². The summed E-state index contributed by atoms with van der Waals surface area (Å²) in [6.45, 7) is 4.30. The van der Waals surface area contributed by atoms with Crippen LogP contribution < -0.4 is 5.32 Å². The Balaban J connectivity index is 3.58. The fraction of sp³-hybridized carbons (Fsp3) is 0.827. The predicted octanol–water partition coefficient (Wildman–Crippen LogP) is 15.9. The van der Waals surface area contributed by atoms with Crippen molar-refractivity contribution in [3.63, 3.8) is 0 Å². The maximum atomic E-state index is 12.4.